The van der Waals surface area contributed by atoms with Gasteiger partial charge >= 0.3 is 6.18 Å². The number of carbonyl (C=O) groups excluding carboxylic acids is 1. The minimum atomic E-state index is -4.60. The molecule has 0 bridgehead atoms. The molecule has 0 aliphatic rings. The molecule has 1 aromatic carbocycles. The lowest BCUT2D eigenvalue weighted by atomic mass is 10.2. The minimum absolute atomic E-state index is 0.0222. The molecule has 0 atom stereocenters. The van der Waals surface area contributed by atoms with E-state index in [0.29, 0.717) is 18.8 Å². The van der Waals surface area contributed by atoms with Crippen molar-refractivity contribution >= 4 is 22.5 Å². The van der Waals surface area contributed by atoms with Crippen molar-refractivity contribution in [3.63, 3.8) is 0 Å². The molecule has 25 heavy (non-hydrogen) atoms. The number of para-hydroxylation sites is 1. The number of alkyl halides is 3. The number of nitrogens with one attached hydrogen (secondary N) is 2. The average Bonchev–Trinajstić information content (AvgIpc) is 2.97. The zero-order valence-corrected chi connectivity index (χ0v) is 12.9. The van der Waals surface area contributed by atoms with Crippen LogP contribution in [0.4, 0.5) is 18.9 Å². The van der Waals surface area contributed by atoms with Crippen LogP contribution in [0, 0.1) is 0 Å². The van der Waals surface area contributed by atoms with Gasteiger partial charge in [-0.25, -0.2) is 0 Å². The van der Waals surface area contributed by atoms with Gasteiger partial charge in [-0.3, -0.25) is 9.59 Å². The second-order valence-corrected chi connectivity index (χ2v) is 5.50. The van der Waals surface area contributed by atoms with Gasteiger partial charge in [-0.1, -0.05) is 18.2 Å². The van der Waals surface area contributed by atoms with Gasteiger partial charge in [0.1, 0.15) is 5.69 Å². The number of nitrogens with zero attached hydrogens (tertiary/aromatic N) is 1. The van der Waals surface area contributed by atoms with Crippen LogP contribution in [0.15, 0.2) is 53.6 Å². The molecular formula is C17H14F3N3O2. The predicted octanol–water partition coefficient (Wildman–Crippen LogP) is 3.38. The van der Waals surface area contributed by atoms with E-state index >= 15 is 0 Å². The van der Waals surface area contributed by atoms with Gasteiger partial charge in [0, 0.05) is 30.9 Å². The van der Waals surface area contributed by atoms with Gasteiger partial charge in [0.05, 0.1) is 5.56 Å². The quantitative estimate of drug-likeness (QED) is 0.758. The van der Waals surface area contributed by atoms with Crippen molar-refractivity contribution in [2.24, 2.45) is 0 Å². The summed E-state index contributed by atoms with van der Waals surface area (Å²) in [5.74, 6) is -0.539. The lowest BCUT2D eigenvalue weighted by Crippen LogP contribution is -2.22. The number of pyridine rings is 1. The van der Waals surface area contributed by atoms with Crippen LogP contribution in [0.2, 0.25) is 0 Å². The first kappa shape index (κ1) is 16.8. The van der Waals surface area contributed by atoms with E-state index in [2.05, 4.69) is 5.32 Å². The molecule has 0 radical (unpaired) electrons. The van der Waals surface area contributed by atoms with Crippen LogP contribution >= 0.6 is 0 Å². The Balaban J connectivity index is 1.70. The zero-order valence-electron chi connectivity index (χ0n) is 12.9. The fourth-order valence-corrected chi connectivity index (χ4v) is 2.51. The first-order chi connectivity index (χ1) is 11.8. The normalized spacial score (nSPS) is 11.6. The number of rotatable bonds is 4. The molecular weight excluding hydrogens is 335 g/mol. The number of hydrogen-bond donors (Lipinski definition) is 2. The molecule has 2 N–H and O–H groups in total. The SMILES string of the molecule is O=C(CCn1ccc2ccccc21)Nc1cc(C(F)(F)F)c[nH]c1=O. The van der Waals surface area contributed by atoms with Gasteiger partial charge in [-0.15, -0.1) is 0 Å². The largest absolute Gasteiger partial charge is 0.417 e. The van der Waals surface area contributed by atoms with Gasteiger partial charge in [-0.05, 0) is 23.6 Å². The van der Waals surface area contributed by atoms with Crippen molar-refractivity contribution in [2.45, 2.75) is 19.1 Å². The van der Waals surface area contributed by atoms with E-state index in [1.54, 1.807) is 0 Å². The van der Waals surface area contributed by atoms with Gasteiger partial charge in [0.2, 0.25) is 5.91 Å². The van der Waals surface area contributed by atoms with Crippen molar-refractivity contribution in [3.8, 4) is 0 Å². The van der Waals surface area contributed by atoms with Crippen LogP contribution < -0.4 is 10.9 Å². The summed E-state index contributed by atoms with van der Waals surface area (Å²) in [6.45, 7) is 0.343. The molecule has 0 unspecified atom stereocenters. The Morgan fingerprint density at radius 3 is 2.72 bits per heavy atom. The molecule has 3 aromatic rings. The smallest absolute Gasteiger partial charge is 0.347 e. The average molecular weight is 349 g/mol. The summed E-state index contributed by atoms with van der Waals surface area (Å²) in [5, 5.41) is 3.26. The van der Waals surface area contributed by atoms with Gasteiger partial charge in [-0.2, -0.15) is 13.2 Å². The van der Waals surface area contributed by atoms with Gasteiger partial charge in [0.25, 0.3) is 5.56 Å². The van der Waals surface area contributed by atoms with E-state index in [4.69, 9.17) is 0 Å². The van der Waals surface area contributed by atoms with Crippen molar-refractivity contribution in [2.75, 3.05) is 5.32 Å². The first-order valence-corrected chi connectivity index (χ1v) is 7.48. The summed E-state index contributed by atoms with van der Waals surface area (Å²) in [7, 11) is 0. The molecule has 0 spiro atoms. The molecule has 2 heterocycles. The number of fused-ring (bicyclic) bond motifs is 1. The number of H-pyrrole nitrogens is 1. The molecule has 8 heteroatoms. The van der Waals surface area contributed by atoms with E-state index in [-0.39, 0.29) is 6.42 Å². The molecule has 130 valence electrons. The molecule has 5 nitrogen and oxygen atoms in total. The molecule has 3 rings (SSSR count). The highest BCUT2D eigenvalue weighted by Crippen LogP contribution is 2.29. The standard InChI is InChI=1S/C17H14F3N3O2/c18-17(19,20)12-9-13(16(25)21-10-12)22-15(24)6-8-23-7-5-11-3-1-2-4-14(11)23/h1-5,7,9-10H,6,8H2,(H,21,25)(H,22,24). The van der Waals surface area contributed by atoms with E-state index < -0.39 is 28.9 Å². The maximum atomic E-state index is 12.7. The lowest BCUT2D eigenvalue weighted by Gasteiger charge is -2.10. The Kier molecular flexibility index (Phi) is 4.35. The third-order valence-electron chi connectivity index (χ3n) is 3.76. The van der Waals surface area contributed by atoms with E-state index in [9.17, 15) is 22.8 Å². The second-order valence-electron chi connectivity index (χ2n) is 5.50. The topological polar surface area (TPSA) is 66.9 Å². The summed E-state index contributed by atoms with van der Waals surface area (Å²) in [6.07, 6.45) is -2.18. The van der Waals surface area contributed by atoms with Crippen LogP contribution in [0.1, 0.15) is 12.0 Å². The van der Waals surface area contributed by atoms with Crippen LogP contribution in [-0.4, -0.2) is 15.5 Å². The molecule has 0 saturated carbocycles. The Morgan fingerprint density at radius 2 is 1.96 bits per heavy atom. The summed E-state index contributed by atoms with van der Waals surface area (Å²) in [6, 6.07) is 10.2. The van der Waals surface area contributed by atoms with E-state index in [1.165, 1.54) is 0 Å². The highest BCUT2D eigenvalue weighted by atomic mass is 19.4. The van der Waals surface area contributed by atoms with Gasteiger partial charge < -0.3 is 14.9 Å². The number of anilines is 1. The number of aryl methyl sites for hydroxylation is 1. The van der Waals surface area contributed by atoms with E-state index in [0.717, 1.165) is 10.9 Å². The monoisotopic (exact) mass is 349 g/mol. The Hall–Kier alpha value is -3.03. The maximum absolute atomic E-state index is 12.7. The predicted molar refractivity (Wildman–Crippen MR) is 87.2 cm³/mol. The number of halogens is 3. The Bertz CT molecular complexity index is 973. The number of carbonyl (C=O) groups is 1. The third-order valence-corrected chi connectivity index (χ3v) is 3.76. The third kappa shape index (κ3) is 3.73. The molecule has 2 aromatic heterocycles. The lowest BCUT2D eigenvalue weighted by molar-refractivity contribution is -0.137. The number of amides is 1. The van der Waals surface area contributed by atoms with Crippen LogP contribution in [0.25, 0.3) is 10.9 Å². The summed E-state index contributed by atoms with van der Waals surface area (Å²) < 4.78 is 39.9. The van der Waals surface area contributed by atoms with Gasteiger partial charge in [0.15, 0.2) is 0 Å². The van der Waals surface area contributed by atoms with Crippen LogP contribution in [-0.2, 0) is 17.5 Å². The molecule has 0 fully saturated rings. The first-order valence-electron chi connectivity index (χ1n) is 7.48. The highest BCUT2D eigenvalue weighted by molar-refractivity contribution is 5.90. The zero-order chi connectivity index (χ0) is 18.0. The number of aromatic nitrogens is 2. The molecule has 0 aliphatic heterocycles. The number of benzene rings is 1. The Morgan fingerprint density at radius 1 is 1.20 bits per heavy atom. The van der Waals surface area contributed by atoms with Crippen molar-refractivity contribution in [1.29, 1.82) is 0 Å². The number of hydrogen-bond acceptors (Lipinski definition) is 2. The fourth-order valence-electron chi connectivity index (χ4n) is 2.51. The molecule has 0 aliphatic carbocycles. The van der Waals surface area contributed by atoms with Crippen LogP contribution in [0.5, 0.6) is 0 Å². The van der Waals surface area contributed by atoms with Crippen LogP contribution in [0.3, 0.4) is 0 Å². The van der Waals surface area contributed by atoms with Crippen molar-refractivity contribution in [3.05, 3.63) is 64.7 Å². The van der Waals surface area contributed by atoms with Crippen molar-refractivity contribution < 1.29 is 18.0 Å². The molecule has 1 amide bonds. The molecule has 0 saturated heterocycles. The number of aromatic amines is 1. The maximum Gasteiger partial charge on any atom is 0.417 e. The highest BCUT2D eigenvalue weighted by Gasteiger charge is 2.31. The minimum Gasteiger partial charge on any atom is -0.347 e. The van der Waals surface area contributed by atoms with E-state index in [1.807, 2.05) is 46.1 Å². The second kappa shape index (κ2) is 6.46. The summed E-state index contributed by atoms with van der Waals surface area (Å²) >= 11 is 0. The summed E-state index contributed by atoms with van der Waals surface area (Å²) in [5.41, 5.74) is -1.28. The van der Waals surface area contributed by atoms with Crippen molar-refractivity contribution in [1.82, 2.24) is 9.55 Å². The Labute approximate surface area is 140 Å². The summed E-state index contributed by atoms with van der Waals surface area (Å²) in [4.78, 5) is 25.6. The fraction of sp³-hybridized carbons (Fsp3) is 0.176.